The number of nitrogens with one attached hydrogen (secondary N) is 1. The third-order valence-corrected chi connectivity index (χ3v) is 8.06. The number of rotatable bonds is 5. The van der Waals surface area contributed by atoms with Gasteiger partial charge in [-0.1, -0.05) is 37.6 Å². The van der Waals surface area contributed by atoms with Crippen LogP contribution in [0.5, 0.6) is 17.2 Å². The van der Waals surface area contributed by atoms with Crippen molar-refractivity contribution in [3.8, 4) is 17.2 Å². The lowest BCUT2D eigenvalue weighted by atomic mass is 9.63. The molecular formula is C31H37NO4. The topological polar surface area (TPSA) is 74.7 Å². The number of phenolic OH excluding ortho intramolecular Hbond substituents is 1. The molecule has 2 heterocycles. The average Bonchev–Trinajstić information content (AvgIpc) is 3.26. The van der Waals surface area contributed by atoms with E-state index in [-0.39, 0.29) is 29.3 Å². The second kappa shape index (κ2) is 9.36. The van der Waals surface area contributed by atoms with Gasteiger partial charge in [-0.25, -0.2) is 0 Å². The zero-order valence-electron chi connectivity index (χ0n) is 21.9. The number of benzene rings is 2. The quantitative estimate of drug-likeness (QED) is 0.278. The summed E-state index contributed by atoms with van der Waals surface area (Å²) in [4.78, 5) is 3.43. The summed E-state index contributed by atoms with van der Waals surface area (Å²) in [6.45, 7) is 8.47. The molecule has 5 nitrogen and oxygen atoms in total. The Hall–Kier alpha value is -3.18. The Labute approximate surface area is 213 Å². The normalized spacial score (nSPS) is 22.7. The molecule has 1 saturated carbocycles. The van der Waals surface area contributed by atoms with E-state index in [1.165, 1.54) is 5.57 Å². The Morgan fingerprint density at radius 1 is 1.11 bits per heavy atom. The van der Waals surface area contributed by atoms with E-state index in [9.17, 15) is 10.2 Å². The highest BCUT2D eigenvalue weighted by Gasteiger charge is 2.48. The zero-order chi connectivity index (χ0) is 25.6. The predicted octanol–water partition coefficient (Wildman–Crippen LogP) is 6.66. The molecule has 3 aromatic rings. The molecule has 0 bridgehead atoms. The number of hydrogen-bond donors (Lipinski definition) is 3. The number of fused-ring (bicyclic) bond motifs is 3. The fourth-order valence-electron chi connectivity index (χ4n) is 5.77. The molecule has 2 aromatic carbocycles. The van der Waals surface area contributed by atoms with Crippen LogP contribution in [0.4, 0.5) is 0 Å². The molecule has 1 unspecified atom stereocenters. The van der Waals surface area contributed by atoms with Crippen molar-refractivity contribution in [2.75, 3.05) is 7.11 Å². The molecule has 2 aliphatic rings. The van der Waals surface area contributed by atoms with E-state index in [1.54, 1.807) is 13.2 Å². The van der Waals surface area contributed by atoms with Crippen LogP contribution in [-0.2, 0) is 12.8 Å². The van der Waals surface area contributed by atoms with Crippen LogP contribution in [0.1, 0.15) is 62.9 Å². The van der Waals surface area contributed by atoms with Gasteiger partial charge in [-0.05, 0) is 85.5 Å². The molecule has 5 rings (SSSR count). The van der Waals surface area contributed by atoms with Crippen LogP contribution in [0.15, 0.2) is 42.0 Å². The predicted molar refractivity (Wildman–Crippen MR) is 146 cm³/mol. The first-order valence-electron chi connectivity index (χ1n) is 12.9. The van der Waals surface area contributed by atoms with Crippen molar-refractivity contribution in [2.45, 2.75) is 65.6 Å². The van der Waals surface area contributed by atoms with Gasteiger partial charge in [0.1, 0.15) is 11.9 Å². The summed E-state index contributed by atoms with van der Waals surface area (Å²) >= 11 is 0. The van der Waals surface area contributed by atoms with Gasteiger partial charge in [0.15, 0.2) is 11.5 Å². The zero-order valence-corrected chi connectivity index (χ0v) is 21.9. The van der Waals surface area contributed by atoms with E-state index in [0.717, 1.165) is 70.5 Å². The lowest BCUT2D eigenvalue weighted by Gasteiger charge is -2.49. The monoisotopic (exact) mass is 487 g/mol. The number of phenols is 1. The maximum absolute atomic E-state index is 10.6. The third-order valence-electron chi connectivity index (χ3n) is 8.06. The molecule has 1 aliphatic carbocycles. The molecule has 0 amide bonds. The average molecular weight is 488 g/mol. The smallest absolute Gasteiger partial charge is 0.164 e. The Morgan fingerprint density at radius 3 is 2.58 bits per heavy atom. The second-order valence-corrected chi connectivity index (χ2v) is 11.2. The molecule has 190 valence electrons. The number of allylic oxidation sites excluding steroid dienone is 2. The number of H-pyrrole nitrogens is 1. The first-order valence-corrected chi connectivity index (χ1v) is 12.9. The first-order chi connectivity index (χ1) is 17.2. The summed E-state index contributed by atoms with van der Waals surface area (Å²) in [6.07, 6.45) is 9.31. The van der Waals surface area contributed by atoms with E-state index in [1.807, 2.05) is 24.3 Å². The largest absolute Gasteiger partial charge is 0.507 e. The number of ether oxygens (including phenoxy) is 2. The molecule has 5 heteroatoms. The number of aromatic hydroxyl groups is 1. The van der Waals surface area contributed by atoms with Gasteiger partial charge in [-0.15, -0.1) is 0 Å². The molecule has 0 radical (unpaired) electrons. The fourth-order valence-corrected chi connectivity index (χ4v) is 5.77. The van der Waals surface area contributed by atoms with Crippen molar-refractivity contribution in [1.29, 1.82) is 0 Å². The van der Waals surface area contributed by atoms with Crippen molar-refractivity contribution in [3.63, 3.8) is 0 Å². The molecular weight excluding hydrogens is 450 g/mol. The van der Waals surface area contributed by atoms with Gasteiger partial charge in [0, 0.05) is 28.9 Å². The van der Waals surface area contributed by atoms with Crippen LogP contribution in [0, 0.1) is 11.3 Å². The van der Waals surface area contributed by atoms with Crippen molar-refractivity contribution >= 4 is 23.1 Å². The van der Waals surface area contributed by atoms with E-state index in [2.05, 4.69) is 50.9 Å². The molecule has 1 fully saturated rings. The Kier molecular flexibility index (Phi) is 6.37. The third kappa shape index (κ3) is 4.53. The van der Waals surface area contributed by atoms with Crippen molar-refractivity contribution in [3.05, 3.63) is 64.4 Å². The number of aliphatic hydroxyl groups is 1. The highest BCUT2D eigenvalue weighted by atomic mass is 16.5. The van der Waals surface area contributed by atoms with Gasteiger partial charge in [0.05, 0.1) is 13.2 Å². The molecule has 36 heavy (non-hydrogen) atoms. The van der Waals surface area contributed by atoms with Crippen LogP contribution < -0.4 is 9.47 Å². The fraction of sp³-hybridized carbons (Fsp3) is 0.419. The summed E-state index contributed by atoms with van der Waals surface area (Å²) in [5, 5.41) is 22.1. The van der Waals surface area contributed by atoms with Crippen LogP contribution in [0.25, 0.3) is 23.1 Å². The van der Waals surface area contributed by atoms with Crippen molar-refractivity contribution in [1.82, 2.24) is 4.98 Å². The minimum atomic E-state index is -0.313. The SMILES string of the molecule is COc1cc(/C=C/c2cc(O)c3cc(CC=C(C)C)[nH]c3c2)cc2c1OC1CC[C@@H](O)C(C)(C)[C@H]1C2. The van der Waals surface area contributed by atoms with Crippen LogP contribution in [0.3, 0.4) is 0 Å². The molecule has 0 saturated heterocycles. The van der Waals surface area contributed by atoms with E-state index in [0.29, 0.717) is 0 Å². The lowest BCUT2D eigenvalue weighted by molar-refractivity contribution is -0.0895. The summed E-state index contributed by atoms with van der Waals surface area (Å²) in [5.74, 6) is 2.09. The maximum atomic E-state index is 10.6. The van der Waals surface area contributed by atoms with E-state index < -0.39 is 0 Å². The molecule has 0 spiro atoms. The van der Waals surface area contributed by atoms with Crippen LogP contribution >= 0.6 is 0 Å². The van der Waals surface area contributed by atoms with E-state index in [4.69, 9.17) is 9.47 Å². The summed E-state index contributed by atoms with van der Waals surface area (Å²) < 4.78 is 12.2. The highest BCUT2D eigenvalue weighted by molar-refractivity contribution is 5.89. The van der Waals surface area contributed by atoms with Gasteiger partial charge in [-0.3, -0.25) is 0 Å². The van der Waals surface area contributed by atoms with Crippen LogP contribution in [-0.4, -0.2) is 34.5 Å². The van der Waals surface area contributed by atoms with Crippen LogP contribution in [0.2, 0.25) is 0 Å². The van der Waals surface area contributed by atoms with Crippen molar-refractivity contribution < 1.29 is 19.7 Å². The van der Waals surface area contributed by atoms with Gasteiger partial charge >= 0.3 is 0 Å². The first kappa shape index (κ1) is 24.5. The standard InChI is InChI=1S/C31H37NO4/c1-18(2)6-9-22-17-23-25(32-22)13-20(14-26(23)33)8-7-19-12-21-16-24-27(10-11-29(34)31(24,3)4)36-30(21)28(15-19)35-5/h6-8,12-15,17,24,27,29,32-34H,9-11,16H2,1-5H3/b8-7+/t24-,27?,29+/m0/s1. The lowest BCUT2D eigenvalue weighted by Crippen LogP contribution is -2.51. The number of aromatic amines is 1. The summed E-state index contributed by atoms with van der Waals surface area (Å²) in [6, 6.07) is 10.0. The Morgan fingerprint density at radius 2 is 1.86 bits per heavy atom. The minimum Gasteiger partial charge on any atom is -0.507 e. The Bertz CT molecular complexity index is 1340. The molecule has 1 aliphatic heterocycles. The number of methoxy groups -OCH3 is 1. The Balaban J connectivity index is 1.44. The highest BCUT2D eigenvalue weighted by Crippen LogP contribution is 2.50. The van der Waals surface area contributed by atoms with E-state index >= 15 is 0 Å². The molecule has 1 aromatic heterocycles. The van der Waals surface area contributed by atoms with Gasteiger partial charge < -0.3 is 24.7 Å². The second-order valence-electron chi connectivity index (χ2n) is 11.2. The maximum Gasteiger partial charge on any atom is 0.164 e. The number of aliphatic hydroxyl groups excluding tert-OH is 1. The van der Waals surface area contributed by atoms with Gasteiger partial charge in [0.25, 0.3) is 0 Å². The van der Waals surface area contributed by atoms with Crippen molar-refractivity contribution in [2.24, 2.45) is 11.3 Å². The molecule has 3 N–H and O–H groups in total. The molecule has 3 atom stereocenters. The van der Waals surface area contributed by atoms with Gasteiger partial charge in [-0.2, -0.15) is 0 Å². The number of hydrogen-bond acceptors (Lipinski definition) is 4. The minimum absolute atomic E-state index is 0.100. The summed E-state index contributed by atoms with van der Waals surface area (Å²) in [5.41, 5.74) is 6.11. The summed E-state index contributed by atoms with van der Waals surface area (Å²) in [7, 11) is 1.68. The van der Waals surface area contributed by atoms with Gasteiger partial charge in [0.2, 0.25) is 0 Å². The number of aromatic nitrogens is 1.